The first-order valence-corrected chi connectivity index (χ1v) is 5.65. The Morgan fingerprint density at radius 3 is 2.25 bits per heavy atom. The summed E-state index contributed by atoms with van der Waals surface area (Å²) in [6.45, 7) is 1.84. The van der Waals surface area contributed by atoms with Crippen molar-refractivity contribution in [3.05, 3.63) is 58.7 Å². The minimum atomic E-state index is 0.549. The van der Waals surface area contributed by atoms with E-state index in [1.54, 1.807) is 6.07 Å². The highest BCUT2D eigenvalue weighted by Gasteiger charge is 2.19. The maximum atomic E-state index is 5.90. The van der Waals surface area contributed by atoms with Gasteiger partial charge in [-0.2, -0.15) is 0 Å². The Hall–Kier alpha value is -1.54. The van der Waals surface area contributed by atoms with Crippen molar-refractivity contribution in [3.8, 4) is 0 Å². The highest BCUT2D eigenvalue weighted by Crippen LogP contribution is 2.27. The van der Waals surface area contributed by atoms with Gasteiger partial charge in [-0.1, -0.05) is 41.9 Å². The van der Waals surface area contributed by atoms with Gasteiger partial charge in [0.05, 0.1) is 0 Å². The minimum absolute atomic E-state index is 0.549. The van der Waals surface area contributed by atoms with Crippen LogP contribution in [0.1, 0.15) is 11.1 Å². The fourth-order valence-corrected chi connectivity index (χ4v) is 2.23. The first-order chi connectivity index (χ1) is 7.83. The van der Waals surface area contributed by atoms with E-state index in [1.165, 1.54) is 11.1 Å². The topological polar surface area (TPSA) is 16.1 Å². The summed E-state index contributed by atoms with van der Waals surface area (Å²) in [7, 11) is 0. The van der Waals surface area contributed by atoms with Crippen LogP contribution < -0.4 is 4.90 Å². The van der Waals surface area contributed by atoms with Crippen LogP contribution in [-0.4, -0.2) is 4.98 Å². The molecule has 0 N–H and O–H groups in total. The molecule has 1 aliphatic heterocycles. The lowest BCUT2D eigenvalue weighted by molar-refractivity contribution is 0.857. The second-order valence-corrected chi connectivity index (χ2v) is 4.33. The average Bonchev–Trinajstić information content (AvgIpc) is 2.72. The molecule has 1 aromatic carbocycles. The van der Waals surface area contributed by atoms with Crippen LogP contribution in [0.15, 0.2) is 42.5 Å². The Kier molecular flexibility index (Phi) is 2.29. The van der Waals surface area contributed by atoms with Gasteiger partial charge in [0.1, 0.15) is 11.0 Å². The zero-order valence-corrected chi connectivity index (χ0v) is 9.48. The quantitative estimate of drug-likeness (QED) is 0.699. The number of nitrogens with zero attached hydrogens (tertiary/aromatic N) is 2. The fraction of sp³-hybridized carbons (Fsp3) is 0.154. The molecule has 2 heterocycles. The lowest BCUT2D eigenvalue weighted by atomic mass is 10.1. The summed E-state index contributed by atoms with van der Waals surface area (Å²) in [5.41, 5.74) is 2.76. The van der Waals surface area contributed by atoms with Gasteiger partial charge in [0, 0.05) is 13.1 Å². The zero-order chi connectivity index (χ0) is 11.0. The smallest absolute Gasteiger partial charge is 0.131 e. The van der Waals surface area contributed by atoms with Crippen LogP contribution in [0.4, 0.5) is 5.82 Å². The summed E-state index contributed by atoms with van der Waals surface area (Å²) in [4.78, 5) is 6.56. The molecule has 0 radical (unpaired) electrons. The molecule has 0 aliphatic carbocycles. The molecule has 3 rings (SSSR count). The number of rotatable bonds is 1. The van der Waals surface area contributed by atoms with Gasteiger partial charge in [-0.3, -0.25) is 0 Å². The zero-order valence-electron chi connectivity index (χ0n) is 8.73. The van der Waals surface area contributed by atoms with Crippen molar-refractivity contribution in [2.24, 2.45) is 0 Å². The summed E-state index contributed by atoms with van der Waals surface area (Å²) in [6.07, 6.45) is 0. The van der Waals surface area contributed by atoms with Gasteiger partial charge in [-0.05, 0) is 23.3 Å². The normalized spacial score (nSPS) is 13.9. The Bertz CT molecular complexity index is 500. The number of pyridine rings is 1. The SMILES string of the molecule is Clc1cccc(N2Cc3ccccc3C2)n1. The molecule has 0 amide bonds. The van der Waals surface area contributed by atoms with E-state index in [4.69, 9.17) is 11.6 Å². The Labute approximate surface area is 99.5 Å². The molecule has 0 saturated carbocycles. The van der Waals surface area contributed by atoms with Gasteiger partial charge in [-0.15, -0.1) is 0 Å². The second kappa shape index (κ2) is 3.80. The van der Waals surface area contributed by atoms with Gasteiger partial charge < -0.3 is 4.90 Å². The van der Waals surface area contributed by atoms with Crippen molar-refractivity contribution >= 4 is 17.4 Å². The van der Waals surface area contributed by atoms with Crippen molar-refractivity contribution in [2.45, 2.75) is 13.1 Å². The fourth-order valence-electron chi connectivity index (χ4n) is 2.07. The number of fused-ring (bicyclic) bond motifs is 1. The summed E-state index contributed by atoms with van der Waals surface area (Å²) in [6, 6.07) is 14.2. The third-order valence-electron chi connectivity index (χ3n) is 2.87. The molecule has 16 heavy (non-hydrogen) atoms. The van der Waals surface area contributed by atoms with E-state index in [9.17, 15) is 0 Å². The highest BCUT2D eigenvalue weighted by molar-refractivity contribution is 6.29. The monoisotopic (exact) mass is 230 g/mol. The predicted octanol–water partition coefficient (Wildman–Crippen LogP) is 3.26. The first kappa shape index (κ1) is 9.67. The molecular formula is C13H11ClN2. The van der Waals surface area contributed by atoms with Crippen LogP contribution in [0, 0.1) is 0 Å². The van der Waals surface area contributed by atoms with Gasteiger partial charge in [0.25, 0.3) is 0 Å². The lowest BCUT2D eigenvalue weighted by Crippen LogP contribution is -2.15. The maximum absolute atomic E-state index is 5.90. The molecule has 0 bridgehead atoms. The van der Waals surface area contributed by atoms with Crippen molar-refractivity contribution in [2.75, 3.05) is 4.90 Å². The third kappa shape index (κ3) is 1.65. The molecule has 2 nitrogen and oxygen atoms in total. The van der Waals surface area contributed by atoms with E-state index in [0.29, 0.717) is 5.15 Å². The standard InChI is InChI=1S/C13H11ClN2/c14-12-6-3-7-13(15-12)16-8-10-4-1-2-5-11(10)9-16/h1-7H,8-9H2. The summed E-state index contributed by atoms with van der Waals surface area (Å²) < 4.78 is 0. The molecule has 0 fully saturated rings. The summed E-state index contributed by atoms with van der Waals surface area (Å²) in [5, 5.41) is 0.549. The molecule has 3 heteroatoms. The summed E-state index contributed by atoms with van der Waals surface area (Å²) >= 11 is 5.90. The molecule has 1 aliphatic rings. The molecule has 0 saturated heterocycles. The Morgan fingerprint density at radius 2 is 1.62 bits per heavy atom. The van der Waals surface area contributed by atoms with Crippen molar-refractivity contribution in [3.63, 3.8) is 0 Å². The molecule has 0 atom stereocenters. The molecule has 0 unspecified atom stereocenters. The van der Waals surface area contributed by atoms with E-state index in [-0.39, 0.29) is 0 Å². The van der Waals surface area contributed by atoms with Gasteiger partial charge >= 0.3 is 0 Å². The van der Waals surface area contributed by atoms with Crippen molar-refractivity contribution in [1.29, 1.82) is 0 Å². The molecular weight excluding hydrogens is 220 g/mol. The van der Waals surface area contributed by atoms with Crippen LogP contribution in [0.25, 0.3) is 0 Å². The van der Waals surface area contributed by atoms with Crippen LogP contribution >= 0.6 is 11.6 Å². The highest BCUT2D eigenvalue weighted by atomic mass is 35.5. The molecule has 0 spiro atoms. The van der Waals surface area contributed by atoms with Crippen LogP contribution in [0.3, 0.4) is 0 Å². The average molecular weight is 231 g/mol. The predicted molar refractivity (Wildman–Crippen MR) is 65.6 cm³/mol. The number of halogens is 1. The molecule has 2 aromatic rings. The lowest BCUT2D eigenvalue weighted by Gasteiger charge is -2.16. The van der Waals surface area contributed by atoms with Crippen molar-refractivity contribution in [1.82, 2.24) is 4.98 Å². The summed E-state index contributed by atoms with van der Waals surface area (Å²) in [5.74, 6) is 0.948. The van der Waals surface area contributed by atoms with E-state index in [2.05, 4.69) is 34.1 Å². The van der Waals surface area contributed by atoms with E-state index in [0.717, 1.165) is 18.9 Å². The largest absolute Gasteiger partial charge is 0.348 e. The van der Waals surface area contributed by atoms with E-state index >= 15 is 0 Å². The van der Waals surface area contributed by atoms with Crippen LogP contribution in [-0.2, 0) is 13.1 Å². The van der Waals surface area contributed by atoms with Crippen LogP contribution in [0.5, 0.6) is 0 Å². The first-order valence-electron chi connectivity index (χ1n) is 5.27. The van der Waals surface area contributed by atoms with Gasteiger partial charge in [0.15, 0.2) is 0 Å². The second-order valence-electron chi connectivity index (χ2n) is 3.94. The number of hydrogen-bond donors (Lipinski definition) is 0. The third-order valence-corrected chi connectivity index (χ3v) is 3.08. The Balaban J connectivity index is 1.91. The van der Waals surface area contributed by atoms with E-state index < -0.39 is 0 Å². The van der Waals surface area contributed by atoms with E-state index in [1.807, 2.05) is 12.1 Å². The molecule has 80 valence electrons. The van der Waals surface area contributed by atoms with Gasteiger partial charge in [0.2, 0.25) is 0 Å². The number of anilines is 1. The Morgan fingerprint density at radius 1 is 0.938 bits per heavy atom. The van der Waals surface area contributed by atoms with Gasteiger partial charge in [-0.25, -0.2) is 4.98 Å². The number of hydrogen-bond acceptors (Lipinski definition) is 2. The molecule has 1 aromatic heterocycles. The number of aromatic nitrogens is 1. The maximum Gasteiger partial charge on any atom is 0.131 e. The van der Waals surface area contributed by atoms with Crippen LogP contribution in [0.2, 0.25) is 5.15 Å². The minimum Gasteiger partial charge on any atom is -0.348 e. The number of benzene rings is 1. The van der Waals surface area contributed by atoms with Crippen molar-refractivity contribution < 1.29 is 0 Å².